The molecule has 0 atom stereocenters. The van der Waals surface area contributed by atoms with Gasteiger partial charge in [0.1, 0.15) is 12.7 Å². The first-order chi connectivity index (χ1) is 7.66. The number of hydrogen-bond donors (Lipinski definition) is 0. The van der Waals surface area contributed by atoms with E-state index in [4.69, 9.17) is 0 Å². The summed E-state index contributed by atoms with van der Waals surface area (Å²) in [5, 5.41) is 11.6. The van der Waals surface area contributed by atoms with Gasteiger partial charge in [0.25, 0.3) is 0 Å². The first-order valence-electron chi connectivity index (χ1n) is 5.13. The van der Waals surface area contributed by atoms with E-state index in [2.05, 4.69) is 48.2 Å². The highest BCUT2D eigenvalue weighted by molar-refractivity contribution is 5.82. The van der Waals surface area contributed by atoms with Gasteiger partial charge in [-0.25, -0.2) is 4.68 Å². The van der Waals surface area contributed by atoms with Gasteiger partial charge in [0.05, 0.1) is 6.21 Å². The van der Waals surface area contributed by atoms with Crippen molar-refractivity contribution in [2.45, 2.75) is 20.8 Å². The second-order valence-corrected chi connectivity index (χ2v) is 3.88. The van der Waals surface area contributed by atoms with Crippen LogP contribution < -0.4 is 0 Å². The van der Waals surface area contributed by atoms with Crippen molar-refractivity contribution >= 4 is 6.21 Å². The first-order valence-corrected chi connectivity index (χ1v) is 5.13. The maximum absolute atomic E-state index is 4.23. The van der Waals surface area contributed by atoms with E-state index < -0.39 is 0 Å². The summed E-state index contributed by atoms with van der Waals surface area (Å²) in [6.45, 7) is 6.30. The summed E-state index contributed by atoms with van der Waals surface area (Å²) in [4.78, 5) is 0. The molecule has 82 valence electrons. The predicted molar refractivity (Wildman–Crippen MR) is 63.7 cm³/mol. The Bertz CT molecular complexity index is 512. The molecule has 0 unspecified atom stereocenters. The standard InChI is InChI=1S/C12H14N4/c1-9-4-11(3)12(5-10(9)2)6-15-16-7-13-14-8-16/h4-8H,1-3H3/b15-6-. The lowest BCUT2D eigenvalue weighted by molar-refractivity contribution is 0.878. The van der Waals surface area contributed by atoms with Crippen molar-refractivity contribution in [1.29, 1.82) is 0 Å². The second-order valence-electron chi connectivity index (χ2n) is 3.88. The highest BCUT2D eigenvalue weighted by Crippen LogP contribution is 2.13. The minimum atomic E-state index is 1.12. The van der Waals surface area contributed by atoms with Crippen LogP contribution in [0.15, 0.2) is 29.9 Å². The Morgan fingerprint density at radius 2 is 1.62 bits per heavy atom. The lowest BCUT2D eigenvalue weighted by atomic mass is 10.0. The fourth-order valence-corrected chi connectivity index (χ4v) is 1.51. The van der Waals surface area contributed by atoms with E-state index >= 15 is 0 Å². The zero-order valence-corrected chi connectivity index (χ0v) is 9.68. The largest absolute Gasteiger partial charge is 0.208 e. The molecule has 16 heavy (non-hydrogen) atoms. The van der Waals surface area contributed by atoms with Crippen LogP contribution >= 0.6 is 0 Å². The Kier molecular flexibility index (Phi) is 2.81. The van der Waals surface area contributed by atoms with Crippen molar-refractivity contribution in [3.63, 3.8) is 0 Å². The molecule has 4 heteroatoms. The zero-order valence-electron chi connectivity index (χ0n) is 9.68. The summed E-state index contributed by atoms with van der Waals surface area (Å²) in [7, 11) is 0. The number of aromatic nitrogens is 3. The molecular formula is C12H14N4. The Labute approximate surface area is 94.6 Å². The lowest BCUT2D eigenvalue weighted by Gasteiger charge is -2.05. The van der Waals surface area contributed by atoms with E-state index in [-0.39, 0.29) is 0 Å². The third-order valence-electron chi connectivity index (χ3n) is 2.62. The van der Waals surface area contributed by atoms with Gasteiger partial charge in [0, 0.05) is 0 Å². The Hall–Kier alpha value is -1.97. The highest BCUT2D eigenvalue weighted by Gasteiger charge is 1.99. The van der Waals surface area contributed by atoms with Crippen molar-refractivity contribution in [3.05, 3.63) is 47.0 Å². The Morgan fingerprint density at radius 1 is 1.00 bits per heavy atom. The smallest absolute Gasteiger partial charge is 0.141 e. The van der Waals surface area contributed by atoms with E-state index in [1.165, 1.54) is 16.7 Å². The average Bonchev–Trinajstić information content (AvgIpc) is 2.74. The third-order valence-corrected chi connectivity index (χ3v) is 2.62. The van der Waals surface area contributed by atoms with E-state index in [1.807, 2.05) is 6.21 Å². The minimum absolute atomic E-state index is 1.12. The molecule has 0 aliphatic rings. The molecule has 0 bridgehead atoms. The van der Waals surface area contributed by atoms with Crippen LogP contribution in [0.1, 0.15) is 22.3 Å². The van der Waals surface area contributed by atoms with E-state index in [9.17, 15) is 0 Å². The molecule has 0 spiro atoms. The molecule has 2 rings (SSSR count). The van der Waals surface area contributed by atoms with Gasteiger partial charge in [-0.2, -0.15) is 5.10 Å². The van der Waals surface area contributed by atoms with Crippen LogP contribution in [0.3, 0.4) is 0 Å². The van der Waals surface area contributed by atoms with Crippen LogP contribution in [0.25, 0.3) is 0 Å². The number of hydrogen-bond acceptors (Lipinski definition) is 3. The lowest BCUT2D eigenvalue weighted by Crippen LogP contribution is -1.93. The molecule has 1 aromatic heterocycles. The predicted octanol–water partition coefficient (Wildman–Crippen LogP) is 2.09. The van der Waals surface area contributed by atoms with Crippen LogP contribution in [-0.2, 0) is 0 Å². The molecular weight excluding hydrogens is 200 g/mol. The van der Waals surface area contributed by atoms with Crippen LogP contribution in [0.5, 0.6) is 0 Å². The maximum atomic E-state index is 4.23. The van der Waals surface area contributed by atoms with E-state index in [0.29, 0.717) is 0 Å². The fourth-order valence-electron chi connectivity index (χ4n) is 1.51. The van der Waals surface area contributed by atoms with E-state index in [1.54, 1.807) is 17.3 Å². The highest BCUT2D eigenvalue weighted by atomic mass is 15.4. The molecule has 0 saturated heterocycles. The molecule has 0 aliphatic carbocycles. The van der Waals surface area contributed by atoms with Crippen LogP contribution in [0.4, 0.5) is 0 Å². The van der Waals surface area contributed by atoms with Crippen molar-refractivity contribution in [2.24, 2.45) is 5.10 Å². The van der Waals surface area contributed by atoms with Gasteiger partial charge in [-0.05, 0) is 49.1 Å². The summed E-state index contributed by atoms with van der Waals surface area (Å²) in [6.07, 6.45) is 4.95. The number of benzene rings is 1. The fraction of sp³-hybridized carbons (Fsp3) is 0.250. The monoisotopic (exact) mass is 214 g/mol. The molecule has 1 heterocycles. The first kappa shape index (κ1) is 10.5. The third kappa shape index (κ3) is 2.16. The minimum Gasteiger partial charge on any atom is -0.208 e. The molecule has 2 aromatic rings. The van der Waals surface area contributed by atoms with Crippen molar-refractivity contribution in [3.8, 4) is 0 Å². The van der Waals surface area contributed by atoms with Crippen LogP contribution in [0.2, 0.25) is 0 Å². The quantitative estimate of drug-likeness (QED) is 0.718. The van der Waals surface area contributed by atoms with Gasteiger partial charge in [0.15, 0.2) is 0 Å². The summed E-state index contributed by atoms with van der Waals surface area (Å²) >= 11 is 0. The van der Waals surface area contributed by atoms with Crippen molar-refractivity contribution < 1.29 is 0 Å². The van der Waals surface area contributed by atoms with E-state index in [0.717, 1.165) is 5.56 Å². The summed E-state index contributed by atoms with van der Waals surface area (Å²) in [6, 6.07) is 4.31. The van der Waals surface area contributed by atoms with Crippen molar-refractivity contribution in [1.82, 2.24) is 14.9 Å². The molecule has 0 N–H and O–H groups in total. The van der Waals surface area contributed by atoms with Gasteiger partial charge < -0.3 is 0 Å². The van der Waals surface area contributed by atoms with Gasteiger partial charge in [-0.3, -0.25) is 0 Å². The van der Waals surface area contributed by atoms with Gasteiger partial charge in [-0.1, -0.05) is 6.07 Å². The normalized spacial score (nSPS) is 11.2. The topological polar surface area (TPSA) is 43.1 Å². The Morgan fingerprint density at radius 3 is 2.31 bits per heavy atom. The molecule has 0 radical (unpaired) electrons. The van der Waals surface area contributed by atoms with Gasteiger partial charge >= 0.3 is 0 Å². The summed E-state index contributed by atoms with van der Waals surface area (Å²) in [5.41, 5.74) is 4.92. The molecule has 0 fully saturated rings. The summed E-state index contributed by atoms with van der Waals surface area (Å²) < 4.78 is 1.58. The molecule has 0 saturated carbocycles. The summed E-state index contributed by atoms with van der Waals surface area (Å²) in [5.74, 6) is 0. The molecule has 0 amide bonds. The van der Waals surface area contributed by atoms with Crippen LogP contribution in [-0.4, -0.2) is 21.1 Å². The Balaban J connectivity index is 2.31. The average molecular weight is 214 g/mol. The molecule has 4 nitrogen and oxygen atoms in total. The maximum Gasteiger partial charge on any atom is 0.141 e. The number of nitrogens with zero attached hydrogens (tertiary/aromatic N) is 4. The zero-order chi connectivity index (χ0) is 11.5. The molecule has 0 aliphatic heterocycles. The number of aryl methyl sites for hydroxylation is 3. The second kappa shape index (κ2) is 4.26. The van der Waals surface area contributed by atoms with Crippen molar-refractivity contribution in [2.75, 3.05) is 0 Å². The van der Waals surface area contributed by atoms with Gasteiger partial charge in [0.2, 0.25) is 0 Å². The van der Waals surface area contributed by atoms with Gasteiger partial charge in [-0.15, -0.1) is 10.2 Å². The number of rotatable bonds is 2. The SMILES string of the molecule is Cc1cc(C)c(/C=N\n2cnnc2)cc1C. The molecule has 1 aromatic carbocycles. The van der Waals surface area contributed by atoms with Crippen LogP contribution in [0, 0.1) is 20.8 Å².